The Balaban J connectivity index is 1.87. The minimum atomic E-state index is 0.512. The number of nitrogens with zero attached hydrogens (tertiary/aromatic N) is 1. The van der Waals surface area contributed by atoms with Crippen LogP contribution in [0.5, 0.6) is 0 Å². The quantitative estimate of drug-likeness (QED) is 0.765. The van der Waals surface area contributed by atoms with Crippen LogP contribution in [-0.2, 0) is 12.2 Å². The molecule has 2 aliphatic heterocycles. The molecule has 1 atom stereocenters. The molecule has 3 heterocycles. The first-order valence-corrected chi connectivity index (χ1v) is 6.98. The zero-order valence-electron chi connectivity index (χ0n) is 8.88. The highest BCUT2D eigenvalue weighted by Gasteiger charge is 2.24. The Kier molecular flexibility index (Phi) is 2.71. The zero-order valence-corrected chi connectivity index (χ0v) is 9.70. The molecule has 1 aromatic rings. The summed E-state index contributed by atoms with van der Waals surface area (Å²) in [5.74, 6) is 2.39. The average Bonchev–Trinajstić information content (AvgIpc) is 2.74. The van der Waals surface area contributed by atoms with Crippen LogP contribution in [0.25, 0.3) is 0 Å². The first-order valence-electron chi connectivity index (χ1n) is 5.82. The maximum atomic E-state index is 4.52. The SMILES string of the molecule is C1CC[C@@H](c2n[nH]c3c2CSCC3)NC1. The summed E-state index contributed by atoms with van der Waals surface area (Å²) in [6.45, 7) is 1.15. The topological polar surface area (TPSA) is 40.7 Å². The Hall–Kier alpha value is -0.480. The maximum Gasteiger partial charge on any atom is 0.0834 e. The number of piperidine rings is 1. The van der Waals surface area contributed by atoms with Gasteiger partial charge in [0, 0.05) is 17.0 Å². The number of H-pyrrole nitrogens is 1. The van der Waals surface area contributed by atoms with Crippen LogP contribution < -0.4 is 5.32 Å². The van der Waals surface area contributed by atoms with E-state index in [1.165, 1.54) is 48.4 Å². The fraction of sp³-hybridized carbons (Fsp3) is 0.727. The van der Waals surface area contributed by atoms with Gasteiger partial charge in [-0.05, 0) is 31.6 Å². The highest BCUT2D eigenvalue weighted by Crippen LogP contribution is 2.31. The van der Waals surface area contributed by atoms with E-state index in [1.54, 1.807) is 0 Å². The second-order valence-electron chi connectivity index (χ2n) is 4.37. The van der Waals surface area contributed by atoms with Crippen molar-refractivity contribution in [3.05, 3.63) is 17.0 Å². The molecule has 0 saturated carbocycles. The standard InChI is InChI=1S/C11H17N3S/c1-2-5-12-10(3-1)11-8-7-15-6-4-9(8)13-14-11/h10,12H,1-7H2,(H,13,14)/t10-/m0/s1. The molecule has 0 aliphatic carbocycles. The van der Waals surface area contributed by atoms with Crippen LogP contribution in [0.1, 0.15) is 42.3 Å². The predicted octanol–water partition coefficient (Wildman–Crippen LogP) is 2.01. The van der Waals surface area contributed by atoms with Crippen molar-refractivity contribution in [3.8, 4) is 0 Å². The summed E-state index contributed by atoms with van der Waals surface area (Å²) in [6, 6.07) is 0.512. The van der Waals surface area contributed by atoms with E-state index in [1.807, 2.05) is 11.8 Å². The van der Waals surface area contributed by atoms with Crippen molar-refractivity contribution in [3.63, 3.8) is 0 Å². The van der Waals surface area contributed by atoms with E-state index in [4.69, 9.17) is 0 Å². The van der Waals surface area contributed by atoms with Crippen molar-refractivity contribution in [1.82, 2.24) is 15.5 Å². The number of aromatic nitrogens is 2. The average molecular weight is 223 g/mol. The van der Waals surface area contributed by atoms with Gasteiger partial charge in [0.05, 0.1) is 11.7 Å². The molecule has 2 N–H and O–H groups in total. The number of nitrogens with one attached hydrogen (secondary N) is 2. The Morgan fingerprint density at radius 3 is 3.20 bits per heavy atom. The number of fused-ring (bicyclic) bond motifs is 1. The molecule has 3 rings (SSSR count). The van der Waals surface area contributed by atoms with E-state index >= 15 is 0 Å². The lowest BCUT2D eigenvalue weighted by atomic mass is 9.98. The van der Waals surface area contributed by atoms with E-state index in [9.17, 15) is 0 Å². The lowest BCUT2D eigenvalue weighted by Crippen LogP contribution is -2.27. The van der Waals surface area contributed by atoms with Crippen molar-refractivity contribution < 1.29 is 0 Å². The molecule has 2 aliphatic rings. The van der Waals surface area contributed by atoms with Crippen molar-refractivity contribution in [2.75, 3.05) is 12.3 Å². The number of hydrogen-bond acceptors (Lipinski definition) is 3. The number of aryl methyl sites for hydroxylation is 1. The van der Waals surface area contributed by atoms with Gasteiger partial charge in [0.2, 0.25) is 0 Å². The molecular formula is C11H17N3S. The molecule has 0 amide bonds. The summed E-state index contributed by atoms with van der Waals surface area (Å²) in [6.07, 6.45) is 5.08. The van der Waals surface area contributed by atoms with E-state index in [2.05, 4.69) is 15.5 Å². The van der Waals surface area contributed by atoms with Gasteiger partial charge in [-0.1, -0.05) is 6.42 Å². The third-order valence-corrected chi connectivity index (χ3v) is 4.35. The van der Waals surface area contributed by atoms with Gasteiger partial charge in [0.25, 0.3) is 0 Å². The van der Waals surface area contributed by atoms with Crippen molar-refractivity contribution in [2.24, 2.45) is 0 Å². The van der Waals surface area contributed by atoms with Crippen LogP contribution in [-0.4, -0.2) is 22.5 Å². The summed E-state index contributed by atoms with van der Waals surface area (Å²) in [5.41, 5.74) is 4.18. The van der Waals surface area contributed by atoms with Gasteiger partial charge in [-0.25, -0.2) is 0 Å². The molecule has 1 fully saturated rings. The lowest BCUT2D eigenvalue weighted by Gasteiger charge is -2.23. The number of aromatic amines is 1. The second kappa shape index (κ2) is 4.18. The first kappa shape index (κ1) is 9.73. The lowest BCUT2D eigenvalue weighted by molar-refractivity contribution is 0.403. The normalized spacial score (nSPS) is 26.3. The summed E-state index contributed by atoms with van der Waals surface area (Å²) >= 11 is 2.03. The third kappa shape index (κ3) is 1.81. The van der Waals surface area contributed by atoms with Crippen molar-refractivity contribution in [1.29, 1.82) is 0 Å². The van der Waals surface area contributed by atoms with Crippen LogP contribution in [0.3, 0.4) is 0 Å². The Bertz CT molecular complexity index is 342. The maximum absolute atomic E-state index is 4.52. The monoisotopic (exact) mass is 223 g/mol. The van der Waals surface area contributed by atoms with E-state index in [-0.39, 0.29) is 0 Å². The number of thioether (sulfide) groups is 1. The molecular weight excluding hydrogens is 206 g/mol. The van der Waals surface area contributed by atoms with E-state index < -0.39 is 0 Å². The van der Waals surface area contributed by atoms with Crippen LogP contribution in [0.2, 0.25) is 0 Å². The van der Waals surface area contributed by atoms with Gasteiger partial charge in [0.1, 0.15) is 0 Å². The highest BCUT2D eigenvalue weighted by atomic mass is 32.2. The molecule has 15 heavy (non-hydrogen) atoms. The molecule has 4 heteroatoms. The van der Waals surface area contributed by atoms with Crippen LogP contribution in [0, 0.1) is 0 Å². The van der Waals surface area contributed by atoms with Crippen LogP contribution in [0.15, 0.2) is 0 Å². The van der Waals surface area contributed by atoms with Crippen molar-refractivity contribution >= 4 is 11.8 Å². The zero-order chi connectivity index (χ0) is 10.1. The van der Waals surface area contributed by atoms with Crippen molar-refractivity contribution in [2.45, 2.75) is 37.5 Å². The molecule has 0 unspecified atom stereocenters. The molecule has 3 nitrogen and oxygen atoms in total. The molecule has 0 spiro atoms. The minimum absolute atomic E-state index is 0.512. The number of rotatable bonds is 1. The first-order chi connectivity index (χ1) is 7.45. The Morgan fingerprint density at radius 2 is 2.33 bits per heavy atom. The Morgan fingerprint density at radius 1 is 1.33 bits per heavy atom. The highest BCUT2D eigenvalue weighted by molar-refractivity contribution is 7.98. The van der Waals surface area contributed by atoms with Gasteiger partial charge in [-0.15, -0.1) is 0 Å². The van der Waals surface area contributed by atoms with E-state index in [0.717, 1.165) is 12.3 Å². The third-order valence-electron chi connectivity index (χ3n) is 3.37. The summed E-state index contributed by atoms with van der Waals surface area (Å²) in [7, 11) is 0. The fourth-order valence-electron chi connectivity index (χ4n) is 2.51. The van der Waals surface area contributed by atoms with Gasteiger partial charge >= 0.3 is 0 Å². The largest absolute Gasteiger partial charge is 0.309 e. The van der Waals surface area contributed by atoms with E-state index in [0.29, 0.717) is 6.04 Å². The van der Waals surface area contributed by atoms with Crippen LogP contribution >= 0.6 is 11.8 Å². The molecule has 0 bridgehead atoms. The fourth-order valence-corrected chi connectivity index (χ4v) is 3.53. The molecule has 0 radical (unpaired) electrons. The molecule has 0 aromatic carbocycles. The molecule has 82 valence electrons. The van der Waals surface area contributed by atoms with Gasteiger partial charge < -0.3 is 5.32 Å². The molecule has 1 aromatic heterocycles. The minimum Gasteiger partial charge on any atom is -0.309 e. The summed E-state index contributed by atoms with van der Waals surface area (Å²) in [5, 5.41) is 11.3. The Labute approximate surface area is 94.4 Å². The van der Waals surface area contributed by atoms with Crippen LogP contribution in [0.4, 0.5) is 0 Å². The van der Waals surface area contributed by atoms with Gasteiger partial charge in [-0.3, -0.25) is 5.10 Å². The predicted molar refractivity (Wildman–Crippen MR) is 63.0 cm³/mol. The summed E-state index contributed by atoms with van der Waals surface area (Å²) < 4.78 is 0. The molecule has 1 saturated heterocycles. The van der Waals surface area contributed by atoms with Gasteiger partial charge in [-0.2, -0.15) is 16.9 Å². The second-order valence-corrected chi connectivity index (χ2v) is 5.48. The smallest absolute Gasteiger partial charge is 0.0834 e. The summed E-state index contributed by atoms with van der Waals surface area (Å²) in [4.78, 5) is 0. The number of hydrogen-bond donors (Lipinski definition) is 2. The van der Waals surface area contributed by atoms with Gasteiger partial charge in [0.15, 0.2) is 0 Å².